The SMILES string of the molecule is C[C@H](CCCOP(=O)(O)N[C@@H](CCC(=O)O)C(=O)O)NC(=O)CC[C@H](NC(=O)CCCCCNC(=O)CCCCCNC(=O)c1ccc(F)nc1)C(=O)O. The number of pyridine rings is 1. The summed E-state index contributed by atoms with van der Waals surface area (Å²) >= 11 is 0. The van der Waals surface area contributed by atoms with Crippen molar-refractivity contribution in [2.45, 2.75) is 115 Å². The molecule has 0 saturated carbocycles. The Balaban J connectivity index is 2.17. The fraction of sp³-hybridized carbons (Fsp3) is 0.636. The van der Waals surface area contributed by atoms with Gasteiger partial charge in [-0.05, 0) is 70.4 Å². The van der Waals surface area contributed by atoms with Crippen molar-refractivity contribution in [3.63, 3.8) is 0 Å². The summed E-state index contributed by atoms with van der Waals surface area (Å²) in [4.78, 5) is 95.5. The topological polar surface area (TPSA) is 300 Å². The number of hydrogen-bond acceptors (Lipinski definition) is 10. The highest BCUT2D eigenvalue weighted by atomic mass is 31.2. The molecule has 1 heterocycles. The molecule has 4 atom stereocenters. The molecule has 9 N–H and O–H groups in total. The molecule has 0 bridgehead atoms. The molecule has 54 heavy (non-hydrogen) atoms. The normalized spacial score (nSPS) is 13.8. The molecule has 19 nitrogen and oxygen atoms in total. The van der Waals surface area contributed by atoms with Crippen LogP contribution in [0.5, 0.6) is 0 Å². The molecule has 0 fully saturated rings. The molecule has 4 amide bonds. The first kappa shape index (κ1) is 47.5. The van der Waals surface area contributed by atoms with Gasteiger partial charge in [-0.25, -0.2) is 19.4 Å². The average molecular weight is 791 g/mol. The number of unbranched alkanes of at least 4 members (excludes halogenated alkanes) is 4. The van der Waals surface area contributed by atoms with Gasteiger partial charge in [0.1, 0.15) is 12.1 Å². The number of carboxylic acids is 3. The van der Waals surface area contributed by atoms with Crippen LogP contribution in [0.4, 0.5) is 4.39 Å². The van der Waals surface area contributed by atoms with Crippen molar-refractivity contribution in [2.24, 2.45) is 0 Å². The van der Waals surface area contributed by atoms with Crippen LogP contribution in [-0.2, 0) is 37.9 Å². The van der Waals surface area contributed by atoms with Crippen LogP contribution in [0.1, 0.15) is 107 Å². The van der Waals surface area contributed by atoms with Crippen LogP contribution in [-0.4, -0.2) is 105 Å². The fourth-order valence-electron chi connectivity index (χ4n) is 4.85. The smallest absolute Gasteiger partial charge is 0.403 e. The first-order valence-corrected chi connectivity index (χ1v) is 19.2. The Bertz CT molecular complexity index is 1440. The number of carbonyl (C=O) groups is 7. The first-order valence-electron chi connectivity index (χ1n) is 17.7. The van der Waals surface area contributed by atoms with E-state index in [2.05, 4.69) is 26.3 Å². The van der Waals surface area contributed by atoms with E-state index in [9.17, 15) is 52.5 Å². The van der Waals surface area contributed by atoms with Crippen LogP contribution in [0.15, 0.2) is 18.3 Å². The molecule has 21 heteroatoms. The van der Waals surface area contributed by atoms with Crippen molar-refractivity contribution in [2.75, 3.05) is 19.7 Å². The second kappa shape index (κ2) is 26.3. The van der Waals surface area contributed by atoms with E-state index < -0.39 is 74.4 Å². The lowest BCUT2D eigenvalue weighted by Gasteiger charge is -2.19. The van der Waals surface area contributed by atoms with E-state index in [1.54, 1.807) is 6.92 Å². The van der Waals surface area contributed by atoms with Crippen LogP contribution in [0.2, 0.25) is 0 Å². The van der Waals surface area contributed by atoms with Crippen LogP contribution < -0.4 is 26.4 Å². The molecule has 0 aliphatic heterocycles. The third kappa shape index (κ3) is 23.2. The number of hydrogen-bond donors (Lipinski definition) is 9. The maximum atomic E-state index is 12.8. The maximum Gasteiger partial charge on any atom is 0.403 e. The number of nitrogens with zero attached hydrogens (tertiary/aromatic N) is 1. The van der Waals surface area contributed by atoms with Gasteiger partial charge in [-0.1, -0.05) is 12.8 Å². The number of nitrogens with one attached hydrogen (secondary N) is 5. The number of halogens is 1. The summed E-state index contributed by atoms with van der Waals surface area (Å²) in [5.41, 5.74) is 0.261. The van der Waals surface area contributed by atoms with Gasteiger partial charge in [0.05, 0.1) is 12.2 Å². The molecule has 0 aliphatic carbocycles. The highest BCUT2D eigenvalue weighted by Gasteiger charge is 2.29. The number of carboxylic acid groups (broad SMARTS) is 3. The lowest BCUT2D eigenvalue weighted by Crippen LogP contribution is -2.42. The molecule has 0 aromatic carbocycles. The van der Waals surface area contributed by atoms with Crippen molar-refractivity contribution in [1.82, 2.24) is 31.3 Å². The Morgan fingerprint density at radius 2 is 1.33 bits per heavy atom. The molecule has 0 spiro atoms. The fourth-order valence-corrected chi connectivity index (χ4v) is 5.93. The zero-order valence-electron chi connectivity index (χ0n) is 30.2. The molecule has 1 rings (SSSR count). The molecular formula is C33H52FN6O13P. The Morgan fingerprint density at radius 1 is 0.741 bits per heavy atom. The highest BCUT2D eigenvalue weighted by molar-refractivity contribution is 7.50. The van der Waals surface area contributed by atoms with Gasteiger partial charge >= 0.3 is 25.7 Å². The van der Waals surface area contributed by atoms with Gasteiger partial charge in [-0.15, -0.1) is 0 Å². The van der Waals surface area contributed by atoms with Gasteiger partial charge in [0.15, 0.2) is 0 Å². The number of rotatable bonds is 30. The zero-order valence-corrected chi connectivity index (χ0v) is 31.1. The predicted molar refractivity (Wildman–Crippen MR) is 189 cm³/mol. The molecular weight excluding hydrogens is 738 g/mol. The predicted octanol–water partition coefficient (Wildman–Crippen LogP) is 1.85. The van der Waals surface area contributed by atoms with Gasteiger partial charge in [0.25, 0.3) is 5.91 Å². The third-order valence-corrected chi connectivity index (χ3v) is 8.94. The third-order valence-electron chi connectivity index (χ3n) is 7.77. The van der Waals surface area contributed by atoms with Crippen LogP contribution in [0, 0.1) is 5.95 Å². The van der Waals surface area contributed by atoms with E-state index in [1.807, 2.05) is 5.09 Å². The molecule has 0 saturated heterocycles. The van der Waals surface area contributed by atoms with Crippen LogP contribution >= 0.6 is 7.75 Å². The van der Waals surface area contributed by atoms with E-state index >= 15 is 0 Å². The summed E-state index contributed by atoms with van der Waals surface area (Å²) in [6, 6.07) is -0.881. The van der Waals surface area contributed by atoms with E-state index in [0.29, 0.717) is 58.0 Å². The van der Waals surface area contributed by atoms with Crippen LogP contribution in [0.3, 0.4) is 0 Å². The van der Waals surface area contributed by atoms with Crippen molar-refractivity contribution in [3.05, 3.63) is 29.8 Å². The lowest BCUT2D eigenvalue weighted by atomic mass is 10.1. The Labute approximate surface area is 312 Å². The summed E-state index contributed by atoms with van der Waals surface area (Å²) in [7, 11) is -4.56. The molecule has 304 valence electrons. The summed E-state index contributed by atoms with van der Waals surface area (Å²) in [6.07, 6.45) is 4.39. The van der Waals surface area contributed by atoms with Crippen molar-refractivity contribution in [1.29, 1.82) is 0 Å². The van der Waals surface area contributed by atoms with E-state index in [1.165, 1.54) is 6.07 Å². The van der Waals surface area contributed by atoms with E-state index in [0.717, 1.165) is 18.7 Å². The average Bonchev–Trinajstić information content (AvgIpc) is 3.09. The summed E-state index contributed by atoms with van der Waals surface area (Å²) in [6.45, 7) is 2.20. The van der Waals surface area contributed by atoms with E-state index in [4.69, 9.17) is 14.7 Å². The summed E-state index contributed by atoms with van der Waals surface area (Å²) in [5, 5.41) is 39.8. The lowest BCUT2D eigenvalue weighted by molar-refractivity contribution is -0.142. The number of aliphatic carboxylic acids is 3. The van der Waals surface area contributed by atoms with Gasteiger partial charge in [-0.2, -0.15) is 4.39 Å². The molecule has 1 unspecified atom stereocenters. The largest absolute Gasteiger partial charge is 0.481 e. The van der Waals surface area contributed by atoms with Gasteiger partial charge in [0.2, 0.25) is 23.7 Å². The highest BCUT2D eigenvalue weighted by Crippen LogP contribution is 2.38. The second-order valence-electron chi connectivity index (χ2n) is 12.5. The minimum absolute atomic E-state index is 0.0623. The summed E-state index contributed by atoms with van der Waals surface area (Å²) < 4.78 is 29.8. The first-order chi connectivity index (χ1) is 25.5. The van der Waals surface area contributed by atoms with Crippen molar-refractivity contribution < 1.29 is 67.3 Å². The van der Waals surface area contributed by atoms with Gasteiger partial charge < -0.3 is 41.5 Å². The second-order valence-corrected chi connectivity index (χ2v) is 14.1. The monoisotopic (exact) mass is 790 g/mol. The zero-order chi connectivity index (χ0) is 40.5. The quantitative estimate of drug-likeness (QED) is 0.0305. The van der Waals surface area contributed by atoms with Crippen molar-refractivity contribution in [3.8, 4) is 0 Å². The van der Waals surface area contributed by atoms with Gasteiger partial charge in [-0.3, -0.25) is 33.3 Å². The number of amides is 4. The molecule has 1 aromatic rings. The molecule has 0 radical (unpaired) electrons. The van der Waals surface area contributed by atoms with Gasteiger partial charge in [0, 0.05) is 51.0 Å². The maximum absolute atomic E-state index is 12.8. The molecule has 0 aliphatic rings. The Hall–Kier alpha value is -4.52. The van der Waals surface area contributed by atoms with E-state index in [-0.39, 0.29) is 49.7 Å². The standard InChI is InChI=1S/C33H52FN6O13P/c1-22(9-8-20-53-54(51,52)40-25(33(49)50)14-17-30(44)45)38-29(43)16-13-24(32(47)48)39-28(42)11-5-3-6-18-35-27(41)10-4-2-7-19-36-31(46)23-12-15-26(34)37-21-23/h12,15,21-22,24-25H,2-11,13-14,16-20H2,1H3,(H,35,41)(H,36,46)(H,38,43)(H,39,42)(H,44,45)(H,47,48)(H,49,50)(H2,40,51,52)/t22-,24+,25+/m1/s1. The number of carbonyl (C=O) groups excluding carboxylic acids is 4. The Kier molecular flexibility index (Phi) is 23.1. The minimum atomic E-state index is -4.56. The van der Waals surface area contributed by atoms with Crippen molar-refractivity contribution >= 4 is 49.3 Å². The summed E-state index contributed by atoms with van der Waals surface area (Å²) in [5.74, 6) is -6.19. The minimum Gasteiger partial charge on any atom is -0.481 e. The molecule has 1 aromatic heterocycles. The number of aromatic nitrogens is 1. The Morgan fingerprint density at radius 3 is 1.93 bits per heavy atom. The van der Waals surface area contributed by atoms with Crippen LogP contribution in [0.25, 0.3) is 0 Å².